The molecule has 0 heterocycles. The smallest absolute Gasteiger partial charge is 0.423 e. The van der Waals surface area contributed by atoms with Crippen LogP contribution in [0.2, 0.25) is 5.02 Å². The summed E-state index contributed by atoms with van der Waals surface area (Å²) in [7, 11) is -1.77. The van der Waals surface area contributed by atoms with Crippen LogP contribution in [0.3, 0.4) is 0 Å². The molecular formula is C13H17BClF3O4. The number of hydrogen-bond donors (Lipinski definition) is 2. The van der Waals surface area contributed by atoms with E-state index in [0.717, 1.165) is 12.1 Å². The second-order valence-corrected chi connectivity index (χ2v) is 6.21. The minimum absolute atomic E-state index is 0.105. The Balaban J connectivity index is 3.12. The monoisotopic (exact) mass is 340 g/mol. The van der Waals surface area contributed by atoms with E-state index in [1.54, 1.807) is 0 Å². The van der Waals surface area contributed by atoms with E-state index in [1.165, 1.54) is 33.8 Å². The van der Waals surface area contributed by atoms with Crippen LogP contribution in [-0.2, 0) is 4.65 Å². The van der Waals surface area contributed by atoms with Gasteiger partial charge in [-0.15, -0.1) is 13.2 Å². The highest BCUT2D eigenvalue weighted by molar-refractivity contribution is 6.61. The summed E-state index contributed by atoms with van der Waals surface area (Å²) in [6.45, 7) is 5.88. The fraction of sp³-hybridized carbons (Fsp3) is 0.538. The van der Waals surface area contributed by atoms with Gasteiger partial charge in [-0.3, -0.25) is 0 Å². The number of rotatable bonds is 5. The summed E-state index contributed by atoms with van der Waals surface area (Å²) in [5.74, 6) is -0.629. The van der Waals surface area contributed by atoms with Gasteiger partial charge in [0.15, 0.2) is 0 Å². The van der Waals surface area contributed by atoms with Crippen molar-refractivity contribution in [2.75, 3.05) is 0 Å². The third kappa shape index (κ3) is 5.05. The molecule has 0 bridgehead atoms. The number of benzene rings is 1. The van der Waals surface area contributed by atoms with Crippen LogP contribution in [0.25, 0.3) is 0 Å². The molecule has 0 fully saturated rings. The summed E-state index contributed by atoms with van der Waals surface area (Å²) in [6, 6.07) is 3.28. The Morgan fingerprint density at radius 3 is 2.14 bits per heavy atom. The topological polar surface area (TPSA) is 58.9 Å². The van der Waals surface area contributed by atoms with Gasteiger partial charge in [-0.05, 0) is 45.9 Å². The zero-order valence-electron chi connectivity index (χ0n) is 12.5. The lowest BCUT2D eigenvalue weighted by Gasteiger charge is -2.38. The average molecular weight is 341 g/mol. The quantitative estimate of drug-likeness (QED) is 0.809. The van der Waals surface area contributed by atoms with Crippen LogP contribution in [0.1, 0.15) is 27.7 Å². The summed E-state index contributed by atoms with van der Waals surface area (Å²) in [5.41, 5.74) is -2.89. The maximum atomic E-state index is 12.4. The normalized spacial score (nSPS) is 13.2. The fourth-order valence-corrected chi connectivity index (χ4v) is 1.60. The van der Waals surface area contributed by atoms with Crippen molar-refractivity contribution in [1.29, 1.82) is 0 Å². The van der Waals surface area contributed by atoms with E-state index in [9.17, 15) is 23.3 Å². The summed E-state index contributed by atoms with van der Waals surface area (Å²) < 4.78 is 46.3. The molecule has 2 N–H and O–H groups in total. The molecule has 0 atom stereocenters. The molecule has 1 rings (SSSR count). The van der Waals surface area contributed by atoms with Gasteiger partial charge in [0.05, 0.1) is 11.2 Å². The first kappa shape index (κ1) is 19.1. The highest BCUT2D eigenvalue weighted by Crippen LogP contribution is 2.27. The SMILES string of the molecule is CC(C)(O)C(C)(C)OB(O)c1cc(Cl)ccc1OC(F)(F)F. The third-order valence-electron chi connectivity index (χ3n) is 3.34. The lowest BCUT2D eigenvalue weighted by atomic mass is 9.76. The molecule has 0 saturated heterocycles. The minimum Gasteiger partial charge on any atom is -0.423 e. The Morgan fingerprint density at radius 1 is 1.14 bits per heavy atom. The average Bonchev–Trinajstić information content (AvgIpc) is 2.27. The molecule has 0 aliphatic carbocycles. The zero-order valence-corrected chi connectivity index (χ0v) is 13.3. The second-order valence-electron chi connectivity index (χ2n) is 5.77. The third-order valence-corrected chi connectivity index (χ3v) is 3.58. The maximum Gasteiger partial charge on any atom is 0.573 e. The van der Waals surface area contributed by atoms with E-state index in [0.29, 0.717) is 0 Å². The summed E-state index contributed by atoms with van der Waals surface area (Å²) >= 11 is 5.74. The van der Waals surface area contributed by atoms with Gasteiger partial charge in [0, 0.05) is 10.5 Å². The molecule has 1 aromatic rings. The Hall–Kier alpha value is -0.955. The van der Waals surface area contributed by atoms with Gasteiger partial charge in [-0.1, -0.05) is 11.6 Å². The van der Waals surface area contributed by atoms with Crippen LogP contribution < -0.4 is 10.2 Å². The number of ether oxygens (including phenoxy) is 1. The van der Waals surface area contributed by atoms with Gasteiger partial charge < -0.3 is 19.5 Å². The summed E-state index contributed by atoms with van der Waals surface area (Å²) in [5, 5.41) is 20.2. The van der Waals surface area contributed by atoms with Crippen LogP contribution in [0.15, 0.2) is 18.2 Å². The molecule has 0 saturated carbocycles. The summed E-state index contributed by atoms with van der Waals surface area (Å²) in [4.78, 5) is 0. The van der Waals surface area contributed by atoms with Crippen molar-refractivity contribution in [3.05, 3.63) is 23.2 Å². The van der Waals surface area contributed by atoms with Crippen molar-refractivity contribution in [1.82, 2.24) is 0 Å². The molecule has 9 heteroatoms. The molecule has 0 aliphatic heterocycles. The van der Waals surface area contributed by atoms with E-state index < -0.39 is 30.4 Å². The van der Waals surface area contributed by atoms with Crippen molar-refractivity contribution in [2.24, 2.45) is 0 Å². The van der Waals surface area contributed by atoms with Gasteiger partial charge in [0.2, 0.25) is 0 Å². The Kier molecular flexibility index (Phi) is 5.44. The van der Waals surface area contributed by atoms with E-state index in [2.05, 4.69) is 4.74 Å². The molecule has 0 aromatic heterocycles. The van der Waals surface area contributed by atoms with Gasteiger partial charge in [-0.25, -0.2) is 0 Å². The second kappa shape index (κ2) is 6.27. The molecule has 0 radical (unpaired) electrons. The van der Waals surface area contributed by atoms with Crippen molar-refractivity contribution >= 4 is 24.2 Å². The van der Waals surface area contributed by atoms with Crippen molar-refractivity contribution in [3.8, 4) is 5.75 Å². The number of aliphatic hydroxyl groups is 1. The van der Waals surface area contributed by atoms with E-state index >= 15 is 0 Å². The van der Waals surface area contributed by atoms with E-state index in [-0.39, 0.29) is 10.5 Å². The predicted octanol–water partition coefficient (Wildman–Crippen LogP) is 2.49. The van der Waals surface area contributed by atoms with Gasteiger partial charge in [0.1, 0.15) is 5.75 Å². The van der Waals surface area contributed by atoms with Crippen molar-refractivity contribution < 1.29 is 32.7 Å². The van der Waals surface area contributed by atoms with Gasteiger partial charge in [-0.2, -0.15) is 0 Å². The first-order chi connectivity index (χ1) is 9.73. The predicted molar refractivity (Wildman–Crippen MR) is 77.2 cm³/mol. The van der Waals surface area contributed by atoms with E-state index in [1.807, 2.05) is 0 Å². The van der Waals surface area contributed by atoms with Crippen molar-refractivity contribution in [2.45, 2.75) is 45.3 Å². The van der Waals surface area contributed by atoms with Crippen LogP contribution in [-0.4, -0.2) is 34.8 Å². The van der Waals surface area contributed by atoms with Crippen LogP contribution >= 0.6 is 11.6 Å². The minimum atomic E-state index is -4.92. The van der Waals surface area contributed by atoms with Gasteiger partial charge >= 0.3 is 13.5 Å². The molecule has 0 aliphatic rings. The van der Waals surface area contributed by atoms with Crippen LogP contribution in [0, 0.1) is 0 Å². The molecular weight excluding hydrogens is 323 g/mol. The Morgan fingerprint density at radius 2 is 1.68 bits per heavy atom. The fourth-order valence-electron chi connectivity index (χ4n) is 1.42. The largest absolute Gasteiger partial charge is 0.573 e. The first-order valence-corrected chi connectivity index (χ1v) is 6.74. The Bertz CT molecular complexity index is 529. The molecule has 1 aromatic carbocycles. The molecule has 4 nitrogen and oxygen atoms in total. The lowest BCUT2D eigenvalue weighted by Crippen LogP contribution is -2.53. The molecule has 22 heavy (non-hydrogen) atoms. The number of hydrogen-bond acceptors (Lipinski definition) is 4. The number of halogens is 4. The highest BCUT2D eigenvalue weighted by atomic mass is 35.5. The standard InChI is InChI=1S/C13H17BClF3O4/c1-11(2,19)12(3,4)22-14(20)9-7-8(15)5-6-10(9)21-13(16,17)18/h5-7,19-20H,1-4H3. The summed E-state index contributed by atoms with van der Waals surface area (Å²) in [6.07, 6.45) is -4.92. The molecule has 0 spiro atoms. The number of alkyl halides is 3. The first-order valence-electron chi connectivity index (χ1n) is 6.36. The highest BCUT2D eigenvalue weighted by Gasteiger charge is 2.41. The van der Waals surface area contributed by atoms with E-state index in [4.69, 9.17) is 16.3 Å². The van der Waals surface area contributed by atoms with Crippen LogP contribution in [0.4, 0.5) is 13.2 Å². The van der Waals surface area contributed by atoms with Crippen molar-refractivity contribution in [3.63, 3.8) is 0 Å². The molecule has 0 unspecified atom stereocenters. The lowest BCUT2D eigenvalue weighted by molar-refractivity contribution is -0.274. The van der Waals surface area contributed by atoms with Crippen LogP contribution in [0.5, 0.6) is 5.75 Å². The Labute approximate surface area is 131 Å². The van der Waals surface area contributed by atoms with Gasteiger partial charge in [0.25, 0.3) is 0 Å². The maximum absolute atomic E-state index is 12.4. The molecule has 124 valence electrons. The molecule has 0 amide bonds. The zero-order chi connectivity index (χ0) is 17.3.